The molecule has 1 aliphatic heterocycles. The number of H-pyrrole nitrogens is 2. The maximum absolute atomic E-state index is 10.5. The molecule has 0 aliphatic carbocycles. The first-order valence-electron chi connectivity index (χ1n) is 7.87. The Bertz CT molecular complexity index is 1140. The molecular weight excluding hydrogens is 316 g/mol. The summed E-state index contributed by atoms with van der Waals surface area (Å²) in [6.07, 6.45) is 1.75. The average molecular weight is 330 g/mol. The molecule has 122 valence electrons. The molecule has 25 heavy (non-hydrogen) atoms. The van der Waals surface area contributed by atoms with E-state index in [1.54, 1.807) is 11.1 Å². The van der Waals surface area contributed by atoms with Gasteiger partial charge < -0.3 is 15.0 Å². The fourth-order valence-corrected chi connectivity index (χ4v) is 3.21. The molecule has 7 heteroatoms. The van der Waals surface area contributed by atoms with Gasteiger partial charge in [-0.25, -0.2) is 4.98 Å². The summed E-state index contributed by atoms with van der Waals surface area (Å²) in [6, 6.07) is 13.4. The third-order valence-electron chi connectivity index (χ3n) is 4.47. The van der Waals surface area contributed by atoms with Crippen molar-refractivity contribution >= 4 is 39.0 Å². The summed E-state index contributed by atoms with van der Waals surface area (Å²) in [6.45, 7) is 0.241. The maximum atomic E-state index is 10.5. The number of aliphatic hydroxyl groups excluding tert-OH is 1. The highest BCUT2D eigenvalue weighted by atomic mass is 16.3. The van der Waals surface area contributed by atoms with Crippen LogP contribution in [0.2, 0.25) is 0 Å². The third kappa shape index (κ3) is 2.02. The Hall–Kier alpha value is -3.61. The van der Waals surface area contributed by atoms with Crippen LogP contribution in [-0.4, -0.2) is 37.7 Å². The van der Waals surface area contributed by atoms with Crippen molar-refractivity contribution in [2.75, 3.05) is 11.4 Å². The quantitative estimate of drug-likeness (QED) is 0.453. The van der Waals surface area contributed by atoms with Crippen LogP contribution in [0.5, 0.6) is 0 Å². The lowest BCUT2D eigenvalue weighted by molar-refractivity contribution is 0.411. The second-order valence-corrected chi connectivity index (χ2v) is 6.00. The fourth-order valence-electron chi connectivity index (χ4n) is 3.21. The zero-order valence-corrected chi connectivity index (χ0v) is 13.1. The smallest absolute Gasteiger partial charge is 0.145 e. The van der Waals surface area contributed by atoms with E-state index in [1.165, 1.54) is 0 Å². The first kappa shape index (κ1) is 13.8. The fraction of sp³-hybridized carbons (Fsp3) is 0.0556. The Kier molecular flexibility index (Phi) is 2.73. The monoisotopic (exact) mass is 330 g/mol. The SMILES string of the molecule is N=C1C(c2nc3ccccc3[nH]2)=C(O)CN1c1ccc2cn[nH]c2c1. The van der Waals surface area contributed by atoms with Gasteiger partial charge in [-0.05, 0) is 30.3 Å². The normalized spacial score (nSPS) is 15.0. The molecule has 0 saturated heterocycles. The van der Waals surface area contributed by atoms with E-state index in [9.17, 15) is 5.11 Å². The molecule has 0 unspecified atom stereocenters. The molecule has 2 aromatic heterocycles. The summed E-state index contributed by atoms with van der Waals surface area (Å²) in [5, 5.41) is 26.9. The molecule has 5 rings (SSSR count). The van der Waals surface area contributed by atoms with Crippen LogP contribution in [0.15, 0.2) is 54.4 Å². The summed E-state index contributed by atoms with van der Waals surface area (Å²) in [5.41, 5.74) is 3.83. The highest BCUT2D eigenvalue weighted by Gasteiger charge is 2.31. The standard InChI is InChI=1S/C18H14N6O/c19-17-16(18-21-12-3-1-2-4-13(12)22-18)15(25)9-24(17)11-6-5-10-8-20-23-14(10)7-11/h1-8,19,25H,9H2,(H,20,23)(H,21,22). The van der Waals surface area contributed by atoms with Gasteiger partial charge >= 0.3 is 0 Å². The van der Waals surface area contributed by atoms with Gasteiger partial charge in [-0.15, -0.1) is 0 Å². The number of nitrogens with zero attached hydrogens (tertiary/aromatic N) is 3. The second-order valence-electron chi connectivity index (χ2n) is 6.00. The molecule has 3 heterocycles. The Balaban J connectivity index is 1.55. The number of aromatic amines is 2. The molecule has 0 atom stereocenters. The molecular formula is C18H14N6O. The van der Waals surface area contributed by atoms with Crippen LogP contribution in [0.4, 0.5) is 5.69 Å². The summed E-state index contributed by atoms with van der Waals surface area (Å²) < 4.78 is 0. The van der Waals surface area contributed by atoms with Crippen LogP contribution in [0.25, 0.3) is 27.5 Å². The van der Waals surface area contributed by atoms with Crippen LogP contribution in [0.1, 0.15) is 5.82 Å². The zero-order chi connectivity index (χ0) is 17.0. The third-order valence-corrected chi connectivity index (χ3v) is 4.47. The minimum Gasteiger partial charge on any atom is -0.509 e. The van der Waals surface area contributed by atoms with Crippen LogP contribution < -0.4 is 4.90 Å². The van der Waals surface area contributed by atoms with Crippen molar-refractivity contribution in [2.24, 2.45) is 0 Å². The number of fused-ring (bicyclic) bond motifs is 2. The van der Waals surface area contributed by atoms with Gasteiger partial charge in [0.15, 0.2) is 0 Å². The number of aliphatic hydroxyl groups is 1. The van der Waals surface area contributed by atoms with Gasteiger partial charge in [0.25, 0.3) is 0 Å². The molecule has 0 amide bonds. The van der Waals surface area contributed by atoms with Crippen molar-refractivity contribution in [2.45, 2.75) is 0 Å². The molecule has 0 saturated carbocycles. The molecule has 2 aromatic carbocycles. The molecule has 0 radical (unpaired) electrons. The minimum atomic E-state index is 0.133. The van der Waals surface area contributed by atoms with Crippen LogP contribution in [0, 0.1) is 5.41 Å². The van der Waals surface area contributed by atoms with E-state index in [2.05, 4.69) is 20.2 Å². The zero-order valence-electron chi connectivity index (χ0n) is 13.1. The molecule has 4 aromatic rings. The second kappa shape index (κ2) is 4.94. The highest BCUT2D eigenvalue weighted by molar-refractivity contribution is 6.30. The Morgan fingerprint density at radius 3 is 2.88 bits per heavy atom. The lowest BCUT2D eigenvalue weighted by Gasteiger charge is -2.18. The molecule has 4 N–H and O–H groups in total. The predicted octanol–water partition coefficient (Wildman–Crippen LogP) is 3.21. The van der Waals surface area contributed by atoms with Crippen molar-refractivity contribution in [3.8, 4) is 0 Å². The van der Waals surface area contributed by atoms with E-state index in [0.29, 0.717) is 11.4 Å². The lowest BCUT2D eigenvalue weighted by atomic mass is 10.2. The van der Waals surface area contributed by atoms with E-state index in [-0.39, 0.29) is 18.1 Å². The van der Waals surface area contributed by atoms with Gasteiger partial charge in [0, 0.05) is 11.1 Å². The number of imidazole rings is 1. The number of anilines is 1. The Morgan fingerprint density at radius 2 is 2.00 bits per heavy atom. The summed E-state index contributed by atoms with van der Waals surface area (Å²) in [7, 11) is 0. The van der Waals surface area contributed by atoms with Gasteiger partial charge in [-0.3, -0.25) is 10.5 Å². The predicted molar refractivity (Wildman–Crippen MR) is 96.8 cm³/mol. The molecule has 1 aliphatic rings. The van der Waals surface area contributed by atoms with Crippen molar-refractivity contribution < 1.29 is 5.11 Å². The Labute approximate surface area is 142 Å². The summed E-state index contributed by atoms with van der Waals surface area (Å²) in [4.78, 5) is 9.44. The molecule has 0 spiro atoms. The van der Waals surface area contributed by atoms with Crippen LogP contribution in [-0.2, 0) is 0 Å². The Morgan fingerprint density at radius 1 is 1.12 bits per heavy atom. The number of para-hydroxylation sites is 2. The van der Waals surface area contributed by atoms with E-state index in [1.807, 2.05) is 42.5 Å². The largest absolute Gasteiger partial charge is 0.509 e. The van der Waals surface area contributed by atoms with Gasteiger partial charge in [-0.1, -0.05) is 12.1 Å². The van der Waals surface area contributed by atoms with E-state index in [4.69, 9.17) is 5.41 Å². The topological polar surface area (TPSA) is 105 Å². The van der Waals surface area contributed by atoms with E-state index in [0.717, 1.165) is 27.6 Å². The number of hydrogen-bond donors (Lipinski definition) is 4. The first-order chi connectivity index (χ1) is 12.2. The number of amidine groups is 1. The lowest BCUT2D eigenvalue weighted by Crippen LogP contribution is -2.26. The summed E-state index contributed by atoms with van der Waals surface area (Å²) >= 11 is 0. The number of nitrogens with one attached hydrogen (secondary N) is 3. The molecule has 0 bridgehead atoms. The van der Waals surface area contributed by atoms with Crippen LogP contribution in [0.3, 0.4) is 0 Å². The number of benzene rings is 2. The van der Waals surface area contributed by atoms with Crippen LogP contribution >= 0.6 is 0 Å². The van der Waals surface area contributed by atoms with Crippen molar-refractivity contribution in [1.29, 1.82) is 5.41 Å². The minimum absolute atomic E-state index is 0.133. The van der Waals surface area contributed by atoms with Gasteiger partial charge in [0.05, 0.1) is 34.9 Å². The van der Waals surface area contributed by atoms with Gasteiger partial charge in [0.2, 0.25) is 0 Å². The number of rotatable bonds is 2. The summed E-state index contributed by atoms with van der Waals surface area (Å²) in [5.74, 6) is 0.859. The van der Waals surface area contributed by atoms with E-state index >= 15 is 0 Å². The first-order valence-corrected chi connectivity index (χ1v) is 7.87. The molecule has 0 fully saturated rings. The number of aromatic nitrogens is 4. The maximum Gasteiger partial charge on any atom is 0.145 e. The average Bonchev–Trinajstić information content (AvgIpc) is 3.30. The van der Waals surface area contributed by atoms with Crippen molar-refractivity contribution in [3.05, 3.63) is 60.2 Å². The molecule has 7 nitrogen and oxygen atoms in total. The van der Waals surface area contributed by atoms with Crippen molar-refractivity contribution in [3.63, 3.8) is 0 Å². The van der Waals surface area contributed by atoms with Crippen molar-refractivity contribution in [1.82, 2.24) is 20.2 Å². The van der Waals surface area contributed by atoms with Gasteiger partial charge in [0.1, 0.15) is 17.4 Å². The van der Waals surface area contributed by atoms with Gasteiger partial charge in [-0.2, -0.15) is 5.10 Å². The van der Waals surface area contributed by atoms with E-state index < -0.39 is 0 Å². The highest BCUT2D eigenvalue weighted by Crippen LogP contribution is 2.31. The number of hydrogen-bond acceptors (Lipinski definition) is 4.